The molecule has 0 unspecified atom stereocenters. The van der Waals surface area contributed by atoms with Crippen LogP contribution >= 0.6 is 0 Å². The third-order valence-corrected chi connectivity index (χ3v) is 5.75. The Morgan fingerprint density at radius 3 is 2.57 bits per heavy atom. The normalized spacial score (nSPS) is 20.3. The van der Waals surface area contributed by atoms with Gasteiger partial charge in [0.25, 0.3) is 5.91 Å². The molecular weight excluding hydrogens is 316 g/mol. The van der Waals surface area contributed by atoms with Gasteiger partial charge in [0.15, 0.2) is 9.84 Å². The minimum Gasteiger partial charge on any atom is -0.354 e. The van der Waals surface area contributed by atoms with Gasteiger partial charge in [0.1, 0.15) is 17.3 Å². The maximum absolute atomic E-state index is 12.1. The van der Waals surface area contributed by atoms with Crippen LogP contribution in [0.15, 0.2) is 0 Å². The molecule has 2 aliphatic heterocycles. The minimum absolute atomic E-state index is 0.136. The molecule has 1 saturated heterocycles. The van der Waals surface area contributed by atoms with E-state index in [1.165, 1.54) is 0 Å². The van der Waals surface area contributed by atoms with Crippen molar-refractivity contribution >= 4 is 21.6 Å². The van der Waals surface area contributed by atoms with Crippen molar-refractivity contribution in [2.45, 2.75) is 26.7 Å². The summed E-state index contributed by atoms with van der Waals surface area (Å²) < 4.78 is 23.3. The van der Waals surface area contributed by atoms with Crippen LogP contribution in [0.4, 0.5) is 5.82 Å². The van der Waals surface area contributed by atoms with E-state index in [0.717, 1.165) is 11.4 Å². The van der Waals surface area contributed by atoms with Crippen molar-refractivity contribution < 1.29 is 13.2 Å². The Bertz CT molecular complexity index is 716. The van der Waals surface area contributed by atoms with Crippen molar-refractivity contribution in [2.24, 2.45) is 5.92 Å². The van der Waals surface area contributed by atoms with Crippen molar-refractivity contribution in [3.8, 4) is 0 Å². The van der Waals surface area contributed by atoms with Crippen molar-refractivity contribution in [1.82, 2.24) is 15.3 Å². The Labute approximate surface area is 136 Å². The molecule has 2 aliphatic rings. The quantitative estimate of drug-likeness (QED) is 0.846. The molecule has 7 nitrogen and oxygen atoms in total. The Morgan fingerprint density at radius 2 is 1.91 bits per heavy atom. The number of carbonyl (C=O) groups is 1. The van der Waals surface area contributed by atoms with Crippen molar-refractivity contribution in [1.29, 1.82) is 0 Å². The summed E-state index contributed by atoms with van der Waals surface area (Å²) in [6.45, 7) is 5.58. The minimum atomic E-state index is -2.95. The number of nitrogens with zero attached hydrogens (tertiary/aromatic N) is 3. The van der Waals surface area contributed by atoms with Crippen LogP contribution in [0.5, 0.6) is 0 Å². The van der Waals surface area contributed by atoms with Crippen LogP contribution in [0.1, 0.15) is 35.7 Å². The zero-order valence-corrected chi connectivity index (χ0v) is 14.3. The molecule has 1 aromatic rings. The topological polar surface area (TPSA) is 92.3 Å². The Morgan fingerprint density at radius 1 is 1.22 bits per heavy atom. The third-order valence-electron chi connectivity index (χ3n) is 4.14. The molecule has 1 amide bonds. The highest BCUT2D eigenvalue weighted by molar-refractivity contribution is 7.91. The number of aromatic nitrogens is 2. The summed E-state index contributed by atoms with van der Waals surface area (Å²) in [7, 11) is -2.95. The van der Waals surface area contributed by atoms with Crippen LogP contribution in [-0.4, -0.2) is 55.4 Å². The maximum atomic E-state index is 12.1. The van der Waals surface area contributed by atoms with Crippen LogP contribution in [0.3, 0.4) is 0 Å². The number of amides is 1. The third kappa shape index (κ3) is 3.46. The van der Waals surface area contributed by atoms with Crippen LogP contribution < -0.4 is 10.2 Å². The van der Waals surface area contributed by atoms with Crippen molar-refractivity contribution in [3.05, 3.63) is 17.1 Å². The molecule has 3 rings (SSSR count). The molecular formula is C15H22N4O3S. The lowest BCUT2D eigenvalue weighted by atomic mass is 10.0. The van der Waals surface area contributed by atoms with E-state index in [0.29, 0.717) is 49.9 Å². The highest BCUT2D eigenvalue weighted by Gasteiger charge is 2.29. The second kappa shape index (κ2) is 6.07. The van der Waals surface area contributed by atoms with Crippen LogP contribution in [0.2, 0.25) is 0 Å². The van der Waals surface area contributed by atoms with Gasteiger partial charge in [-0.3, -0.25) is 4.79 Å². The van der Waals surface area contributed by atoms with Gasteiger partial charge in [-0.2, -0.15) is 0 Å². The molecule has 0 aliphatic carbocycles. The summed E-state index contributed by atoms with van der Waals surface area (Å²) in [6, 6.07) is 0. The first-order valence-corrected chi connectivity index (χ1v) is 9.81. The van der Waals surface area contributed by atoms with E-state index in [-0.39, 0.29) is 17.4 Å². The van der Waals surface area contributed by atoms with E-state index < -0.39 is 9.84 Å². The molecule has 0 bridgehead atoms. The molecule has 0 saturated carbocycles. The number of hydrogen-bond donors (Lipinski definition) is 1. The van der Waals surface area contributed by atoms with Crippen LogP contribution in [-0.2, 0) is 22.7 Å². The number of hydrogen-bond acceptors (Lipinski definition) is 6. The highest BCUT2D eigenvalue weighted by Crippen LogP contribution is 2.26. The SMILES string of the molecule is CC(C)Cc1nc2c(c(N3CCS(=O)(=O)CC3)n1)CCNC2=O. The molecule has 0 aromatic carbocycles. The highest BCUT2D eigenvalue weighted by atomic mass is 32.2. The molecule has 0 spiro atoms. The fourth-order valence-corrected chi connectivity index (χ4v) is 4.16. The molecule has 8 heteroatoms. The smallest absolute Gasteiger partial charge is 0.270 e. The summed E-state index contributed by atoms with van der Waals surface area (Å²) in [5, 5.41) is 2.82. The average molecular weight is 338 g/mol. The molecule has 126 valence electrons. The predicted octanol–water partition coefficient (Wildman–Crippen LogP) is 0.196. The Hall–Kier alpha value is -1.70. The summed E-state index contributed by atoms with van der Waals surface area (Å²) in [5.41, 5.74) is 1.30. The fraction of sp³-hybridized carbons (Fsp3) is 0.667. The van der Waals surface area contributed by atoms with E-state index in [9.17, 15) is 13.2 Å². The number of carbonyl (C=O) groups excluding carboxylic acids is 1. The molecule has 0 atom stereocenters. The monoisotopic (exact) mass is 338 g/mol. The number of sulfone groups is 1. The number of nitrogens with one attached hydrogen (secondary N) is 1. The van der Waals surface area contributed by atoms with Crippen LogP contribution in [0.25, 0.3) is 0 Å². The molecule has 23 heavy (non-hydrogen) atoms. The van der Waals surface area contributed by atoms with Gasteiger partial charge in [-0.1, -0.05) is 13.8 Å². The fourth-order valence-electron chi connectivity index (χ4n) is 2.96. The van der Waals surface area contributed by atoms with Gasteiger partial charge >= 0.3 is 0 Å². The van der Waals surface area contributed by atoms with Crippen molar-refractivity contribution in [2.75, 3.05) is 36.0 Å². The summed E-state index contributed by atoms with van der Waals surface area (Å²) >= 11 is 0. The van der Waals surface area contributed by atoms with Gasteiger partial charge < -0.3 is 10.2 Å². The number of anilines is 1. The zero-order valence-electron chi connectivity index (χ0n) is 13.5. The van der Waals surface area contributed by atoms with Crippen LogP contribution in [0, 0.1) is 5.92 Å². The van der Waals surface area contributed by atoms with Gasteiger partial charge in [0, 0.05) is 31.6 Å². The number of fused-ring (bicyclic) bond motifs is 1. The Kier molecular flexibility index (Phi) is 4.27. The first kappa shape index (κ1) is 16.2. The van der Waals surface area contributed by atoms with E-state index in [2.05, 4.69) is 29.1 Å². The standard InChI is InChI=1S/C15H22N4O3S/c1-10(2)9-12-17-13-11(3-4-16-15(13)20)14(18-12)19-5-7-23(21,22)8-6-19/h10H,3-9H2,1-2H3,(H,16,20). The summed E-state index contributed by atoms with van der Waals surface area (Å²) in [6.07, 6.45) is 1.38. The summed E-state index contributed by atoms with van der Waals surface area (Å²) in [4.78, 5) is 23.3. The first-order chi connectivity index (χ1) is 10.9. The maximum Gasteiger partial charge on any atom is 0.270 e. The van der Waals surface area contributed by atoms with Gasteiger partial charge in [-0.05, 0) is 12.3 Å². The van der Waals surface area contributed by atoms with E-state index in [4.69, 9.17) is 0 Å². The zero-order chi connectivity index (χ0) is 16.6. The van der Waals surface area contributed by atoms with Gasteiger partial charge in [0.2, 0.25) is 0 Å². The van der Waals surface area contributed by atoms with Crippen molar-refractivity contribution in [3.63, 3.8) is 0 Å². The Balaban J connectivity index is 2.00. The lowest BCUT2D eigenvalue weighted by Gasteiger charge is -2.31. The molecule has 1 N–H and O–H groups in total. The molecule has 3 heterocycles. The largest absolute Gasteiger partial charge is 0.354 e. The lowest BCUT2D eigenvalue weighted by Crippen LogP contribution is -2.43. The van der Waals surface area contributed by atoms with E-state index in [1.54, 1.807) is 0 Å². The predicted molar refractivity (Wildman–Crippen MR) is 87.5 cm³/mol. The second-order valence-electron chi connectivity index (χ2n) is 6.53. The molecule has 1 fully saturated rings. The van der Waals surface area contributed by atoms with Gasteiger partial charge in [0.05, 0.1) is 11.5 Å². The van der Waals surface area contributed by atoms with Gasteiger partial charge in [-0.15, -0.1) is 0 Å². The summed E-state index contributed by atoms with van der Waals surface area (Å²) in [5.74, 6) is 1.89. The second-order valence-corrected chi connectivity index (χ2v) is 8.84. The lowest BCUT2D eigenvalue weighted by molar-refractivity contribution is 0.0940. The molecule has 1 aromatic heterocycles. The average Bonchev–Trinajstić information content (AvgIpc) is 2.47. The first-order valence-electron chi connectivity index (χ1n) is 7.99. The van der Waals surface area contributed by atoms with Gasteiger partial charge in [-0.25, -0.2) is 18.4 Å². The van der Waals surface area contributed by atoms with E-state index in [1.807, 2.05) is 4.90 Å². The number of rotatable bonds is 3. The molecule has 0 radical (unpaired) electrons. The van der Waals surface area contributed by atoms with E-state index >= 15 is 0 Å².